The number of unbranched alkanes of at least 4 members (excludes halogenated alkanes) is 2. The first-order valence-corrected chi connectivity index (χ1v) is 17.1. The number of hydrogen-bond acceptors (Lipinski definition) is 7. The predicted molar refractivity (Wildman–Crippen MR) is 177 cm³/mol. The van der Waals surface area contributed by atoms with Crippen LogP contribution in [0, 0.1) is 11.8 Å². The first-order chi connectivity index (χ1) is 20.4. The van der Waals surface area contributed by atoms with Crippen LogP contribution < -0.4 is 0 Å². The minimum absolute atomic E-state index is 0.110. The van der Waals surface area contributed by atoms with Crippen molar-refractivity contribution in [3.63, 3.8) is 0 Å². The largest absolute Gasteiger partial charge is 0.469 e. The summed E-state index contributed by atoms with van der Waals surface area (Å²) in [7, 11) is 2.82. The molecule has 4 atom stereocenters. The fraction of sp³-hybridized carbons (Fsp3) is 0.824. The van der Waals surface area contributed by atoms with Crippen molar-refractivity contribution in [2.75, 3.05) is 39.2 Å². The average molecular weight is 652 g/mol. The highest BCUT2D eigenvalue weighted by Gasteiger charge is 2.46. The monoisotopic (exact) mass is 650 g/mol. The van der Waals surface area contributed by atoms with Gasteiger partial charge in [0, 0.05) is 36.4 Å². The fourth-order valence-electron chi connectivity index (χ4n) is 4.73. The molecule has 0 amide bonds. The third-order valence-corrected chi connectivity index (χ3v) is 8.70. The zero-order chi connectivity index (χ0) is 32.7. The summed E-state index contributed by atoms with van der Waals surface area (Å²) in [6, 6.07) is 0. The highest BCUT2D eigenvalue weighted by Crippen LogP contribution is 2.39. The standard InChI is InChI=1S/C34H60Cl2O7/c1-9-11-23-41-33(5,29(25-35)17-13-15-27(3)19-21-31(37)39-7)43-34(6,42-24-12-10-2)30(26-36)18-14-16-28(4)20-22-32(38)40-8/h15-16,29-30H,9-14,17-26H2,1-8H3. The lowest BCUT2D eigenvalue weighted by molar-refractivity contribution is -0.376. The fourth-order valence-corrected chi connectivity index (χ4v) is 5.60. The van der Waals surface area contributed by atoms with Gasteiger partial charge in [-0.2, -0.15) is 0 Å². The van der Waals surface area contributed by atoms with Gasteiger partial charge in [0.1, 0.15) is 0 Å². The van der Waals surface area contributed by atoms with Crippen LogP contribution in [0.4, 0.5) is 0 Å². The molecule has 43 heavy (non-hydrogen) atoms. The Hall–Kier alpha value is -1.12. The second-order valence-electron chi connectivity index (χ2n) is 11.6. The molecule has 0 fully saturated rings. The molecule has 0 saturated heterocycles. The van der Waals surface area contributed by atoms with Gasteiger partial charge in [-0.15, -0.1) is 23.2 Å². The Labute approximate surface area is 272 Å². The summed E-state index contributed by atoms with van der Waals surface area (Å²) in [5.41, 5.74) is 2.27. The third kappa shape index (κ3) is 17.8. The number of ether oxygens (including phenoxy) is 5. The van der Waals surface area contributed by atoms with Gasteiger partial charge < -0.3 is 23.7 Å². The molecule has 0 rings (SSSR count). The molecule has 0 aromatic rings. The van der Waals surface area contributed by atoms with E-state index in [-0.39, 0.29) is 23.8 Å². The third-order valence-electron chi connectivity index (χ3n) is 7.95. The van der Waals surface area contributed by atoms with Crippen LogP contribution in [0.25, 0.3) is 0 Å². The molecular formula is C34H60Cl2O7. The predicted octanol–water partition coefficient (Wildman–Crippen LogP) is 9.14. The second kappa shape index (κ2) is 24.2. The summed E-state index contributed by atoms with van der Waals surface area (Å²) in [4.78, 5) is 23.1. The van der Waals surface area contributed by atoms with E-state index in [1.54, 1.807) is 0 Å². The van der Waals surface area contributed by atoms with Crippen molar-refractivity contribution >= 4 is 35.1 Å². The lowest BCUT2D eigenvalue weighted by Gasteiger charge is -2.46. The Morgan fingerprint density at radius 2 is 1.07 bits per heavy atom. The number of hydrogen-bond donors (Lipinski definition) is 0. The van der Waals surface area contributed by atoms with Crippen molar-refractivity contribution in [3.8, 4) is 0 Å². The summed E-state index contributed by atoms with van der Waals surface area (Å²) < 4.78 is 29.5. The van der Waals surface area contributed by atoms with Gasteiger partial charge in [0.05, 0.1) is 27.4 Å². The summed E-state index contributed by atoms with van der Waals surface area (Å²) >= 11 is 13.2. The molecule has 0 heterocycles. The Balaban J connectivity index is 5.93. The van der Waals surface area contributed by atoms with Crippen molar-refractivity contribution in [2.24, 2.45) is 11.8 Å². The molecular weight excluding hydrogens is 591 g/mol. The van der Waals surface area contributed by atoms with E-state index in [2.05, 4.69) is 26.0 Å². The number of rotatable bonds is 26. The highest BCUT2D eigenvalue weighted by molar-refractivity contribution is 6.18. The molecule has 9 heteroatoms. The van der Waals surface area contributed by atoms with Crippen LogP contribution in [-0.4, -0.2) is 62.7 Å². The summed E-state index contributed by atoms with van der Waals surface area (Å²) in [6.45, 7) is 13.4. The van der Waals surface area contributed by atoms with Gasteiger partial charge >= 0.3 is 11.9 Å². The molecule has 0 aliphatic rings. The summed E-state index contributed by atoms with van der Waals surface area (Å²) in [5.74, 6) is -1.92. The number of carbonyl (C=O) groups is 2. The van der Waals surface area contributed by atoms with Crippen LogP contribution in [-0.2, 0) is 33.3 Å². The zero-order valence-corrected chi connectivity index (χ0v) is 29.7. The van der Waals surface area contributed by atoms with Crippen LogP contribution in [0.1, 0.15) is 119 Å². The molecule has 0 aliphatic heterocycles. The Bertz CT molecular complexity index is 766. The van der Waals surface area contributed by atoms with Gasteiger partial charge in [0.25, 0.3) is 0 Å². The maximum Gasteiger partial charge on any atom is 0.305 e. The first-order valence-electron chi connectivity index (χ1n) is 16.0. The number of allylic oxidation sites excluding steroid dienone is 4. The van der Waals surface area contributed by atoms with E-state index in [9.17, 15) is 9.59 Å². The van der Waals surface area contributed by atoms with Crippen molar-refractivity contribution in [3.05, 3.63) is 23.3 Å². The van der Waals surface area contributed by atoms with Crippen molar-refractivity contribution in [1.82, 2.24) is 0 Å². The van der Waals surface area contributed by atoms with Crippen LogP contribution in [0.5, 0.6) is 0 Å². The highest BCUT2D eigenvalue weighted by atomic mass is 35.5. The maximum absolute atomic E-state index is 11.5. The molecule has 0 aromatic carbocycles. The normalized spacial score (nSPS) is 16.7. The van der Waals surface area contributed by atoms with Crippen LogP contribution in [0.15, 0.2) is 23.3 Å². The van der Waals surface area contributed by atoms with E-state index in [0.717, 1.165) is 62.5 Å². The van der Waals surface area contributed by atoms with Gasteiger partial charge in [0.15, 0.2) is 11.6 Å². The minimum Gasteiger partial charge on any atom is -0.469 e. The van der Waals surface area contributed by atoms with Crippen LogP contribution >= 0.6 is 23.2 Å². The van der Waals surface area contributed by atoms with Gasteiger partial charge in [0.2, 0.25) is 0 Å². The van der Waals surface area contributed by atoms with E-state index in [0.29, 0.717) is 50.7 Å². The number of methoxy groups -OCH3 is 2. The van der Waals surface area contributed by atoms with Crippen molar-refractivity contribution < 1.29 is 33.3 Å². The molecule has 0 spiro atoms. The second-order valence-corrected chi connectivity index (χ2v) is 12.3. The average Bonchev–Trinajstić information content (AvgIpc) is 2.98. The van der Waals surface area contributed by atoms with Crippen molar-refractivity contribution in [2.45, 2.75) is 130 Å². The number of alkyl halides is 2. The van der Waals surface area contributed by atoms with E-state index in [1.807, 2.05) is 27.7 Å². The Morgan fingerprint density at radius 3 is 1.37 bits per heavy atom. The zero-order valence-electron chi connectivity index (χ0n) is 28.2. The lowest BCUT2D eigenvalue weighted by Crippen LogP contribution is -2.53. The lowest BCUT2D eigenvalue weighted by atomic mass is 9.91. The SMILES string of the molecule is CCCCOC(C)(OC(C)(OCCCC)C(CCl)CCC=C(C)CCC(=O)OC)C(CCl)CCC=C(C)CCC(=O)OC. The smallest absolute Gasteiger partial charge is 0.305 e. The summed E-state index contributed by atoms with van der Waals surface area (Å²) in [5, 5.41) is 0. The van der Waals surface area contributed by atoms with Gasteiger partial charge in [-0.05, 0) is 79.1 Å². The van der Waals surface area contributed by atoms with Gasteiger partial charge in [-0.25, -0.2) is 0 Å². The quantitative estimate of drug-likeness (QED) is 0.0303. The van der Waals surface area contributed by atoms with Crippen LogP contribution in [0.3, 0.4) is 0 Å². The number of esters is 2. The minimum atomic E-state index is -0.998. The Kier molecular flexibility index (Phi) is 23.5. The van der Waals surface area contributed by atoms with E-state index < -0.39 is 11.6 Å². The van der Waals surface area contributed by atoms with Gasteiger partial charge in [-0.1, -0.05) is 50.0 Å². The maximum atomic E-state index is 11.5. The summed E-state index contributed by atoms with van der Waals surface area (Å²) in [6.07, 6.45) is 13.2. The van der Waals surface area contributed by atoms with E-state index in [4.69, 9.17) is 46.9 Å². The van der Waals surface area contributed by atoms with Crippen molar-refractivity contribution in [1.29, 1.82) is 0 Å². The van der Waals surface area contributed by atoms with Crippen LogP contribution in [0.2, 0.25) is 0 Å². The van der Waals surface area contributed by atoms with E-state index in [1.165, 1.54) is 14.2 Å². The molecule has 7 nitrogen and oxygen atoms in total. The molecule has 0 bridgehead atoms. The molecule has 252 valence electrons. The topological polar surface area (TPSA) is 80.3 Å². The molecule has 0 saturated carbocycles. The Morgan fingerprint density at radius 1 is 0.698 bits per heavy atom. The van der Waals surface area contributed by atoms with Gasteiger partial charge in [-0.3, -0.25) is 9.59 Å². The molecule has 0 N–H and O–H groups in total. The van der Waals surface area contributed by atoms with E-state index >= 15 is 0 Å². The molecule has 0 aromatic heterocycles. The molecule has 0 aliphatic carbocycles. The number of carbonyl (C=O) groups excluding carboxylic acids is 2. The molecule has 0 radical (unpaired) electrons. The number of halogens is 2. The molecule has 4 unspecified atom stereocenters. The first kappa shape index (κ1) is 41.9.